The summed E-state index contributed by atoms with van der Waals surface area (Å²) in [5.74, 6) is 2.34. The van der Waals surface area contributed by atoms with Gasteiger partial charge in [-0.15, -0.1) is 11.3 Å². The molecule has 2 saturated carbocycles. The number of esters is 1. The average Bonchev–Trinajstić information content (AvgIpc) is 3.53. The zero-order valence-corrected chi connectivity index (χ0v) is 27.9. The number of anilines is 1. The van der Waals surface area contributed by atoms with Gasteiger partial charge in [0, 0.05) is 35.8 Å². The van der Waals surface area contributed by atoms with Gasteiger partial charge in [0.05, 0.1) is 0 Å². The van der Waals surface area contributed by atoms with Gasteiger partial charge in [-0.2, -0.15) is 0 Å². The molecule has 0 radical (unpaired) electrons. The third-order valence-corrected chi connectivity index (χ3v) is 11.7. The number of fused-ring (bicyclic) bond motifs is 5. The first-order valence-corrected chi connectivity index (χ1v) is 18.2. The Bertz CT molecular complexity index is 1300. The Hall–Kier alpha value is -2.54. The molecule has 0 saturated heterocycles. The Labute approximate surface area is 268 Å². The van der Waals surface area contributed by atoms with Gasteiger partial charge in [0.25, 0.3) is 0 Å². The van der Waals surface area contributed by atoms with Gasteiger partial charge < -0.3 is 10.1 Å². The number of carbonyl (C=O) groups excluding carboxylic acids is 3. The maximum absolute atomic E-state index is 13.4. The van der Waals surface area contributed by atoms with Gasteiger partial charge in [0.2, 0.25) is 5.91 Å². The van der Waals surface area contributed by atoms with E-state index in [1.807, 2.05) is 13.0 Å². The van der Waals surface area contributed by atoms with Crippen molar-refractivity contribution in [2.45, 2.75) is 136 Å². The Morgan fingerprint density at radius 1 is 1.05 bits per heavy atom. The molecule has 2 aromatic rings. The van der Waals surface area contributed by atoms with E-state index in [4.69, 9.17) is 4.74 Å². The Balaban J connectivity index is 1.13. The van der Waals surface area contributed by atoms with Crippen LogP contribution in [-0.2, 0) is 20.8 Å². The number of nitrogens with one attached hydrogen (secondary N) is 1. The number of aromatic nitrogens is 1. The zero-order chi connectivity index (χ0) is 31.1. The van der Waals surface area contributed by atoms with Crippen LogP contribution in [0, 0.1) is 30.1 Å². The van der Waals surface area contributed by atoms with Crippen molar-refractivity contribution in [1.82, 2.24) is 4.98 Å². The van der Waals surface area contributed by atoms with E-state index < -0.39 is 0 Å². The molecule has 5 unspecified atom stereocenters. The van der Waals surface area contributed by atoms with Crippen LogP contribution in [0.1, 0.15) is 139 Å². The molecule has 1 aromatic carbocycles. The van der Waals surface area contributed by atoms with Gasteiger partial charge in [-0.05, 0) is 92.4 Å². The van der Waals surface area contributed by atoms with E-state index in [1.165, 1.54) is 67.4 Å². The summed E-state index contributed by atoms with van der Waals surface area (Å²) in [5, 5.41) is 3.59. The molecule has 3 aliphatic carbocycles. The van der Waals surface area contributed by atoms with E-state index in [9.17, 15) is 14.4 Å². The van der Waals surface area contributed by atoms with E-state index in [1.54, 1.807) is 6.20 Å². The molecule has 0 spiro atoms. The van der Waals surface area contributed by atoms with Crippen molar-refractivity contribution < 1.29 is 19.1 Å². The number of hydrogen-bond donors (Lipinski definition) is 1. The quantitative estimate of drug-likeness (QED) is 0.122. The maximum Gasteiger partial charge on any atom is 0.311 e. The van der Waals surface area contributed by atoms with Gasteiger partial charge in [-0.1, -0.05) is 71.3 Å². The summed E-state index contributed by atoms with van der Waals surface area (Å²) in [7, 11) is 0. The van der Waals surface area contributed by atoms with Crippen LogP contribution in [0.2, 0.25) is 0 Å². The number of Topliss-reactive ketones (excluding diaryl/α,β-unsaturated/α-hetero) is 1. The maximum atomic E-state index is 13.4. The third-order valence-electron chi connectivity index (χ3n) is 10.9. The lowest BCUT2D eigenvalue weighted by Gasteiger charge is -2.50. The predicted molar refractivity (Wildman–Crippen MR) is 177 cm³/mol. The minimum Gasteiger partial charge on any atom is -0.427 e. The van der Waals surface area contributed by atoms with Crippen molar-refractivity contribution >= 4 is 34.1 Å². The third kappa shape index (κ3) is 7.81. The highest BCUT2D eigenvalue weighted by Gasteiger charge is 2.58. The highest BCUT2D eigenvalue weighted by molar-refractivity contribution is 7.15. The number of amides is 1. The standard InChI is InChI=1S/C37H52N2O4S/c1-4-5-6-7-8-9-10-11-12-13-34(42)43-28-16-18-29-26(22-28)14-17-31-30(29)20-21-37(3)32(40)23-27(35(31)37)15-19-33(41)39-36-38-24-25(2)44-36/h16,18,22,24,27,30-31,35H,4-15,17,19-21,23H2,1-3H3,(H,38,39,41). The van der Waals surface area contributed by atoms with Gasteiger partial charge in [0.15, 0.2) is 5.13 Å². The van der Waals surface area contributed by atoms with Crippen molar-refractivity contribution in [1.29, 1.82) is 0 Å². The summed E-state index contributed by atoms with van der Waals surface area (Å²) in [6, 6.07) is 6.26. The van der Waals surface area contributed by atoms with E-state index in [2.05, 4.69) is 36.3 Å². The Kier molecular flexibility index (Phi) is 11.3. The number of hydrogen-bond acceptors (Lipinski definition) is 6. The normalized spacial score (nSPS) is 25.7. The molecule has 0 bridgehead atoms. The van der Waals surface area contributed by atoms with E-state index in [0.717, 1.165) is 49.8 Å². The topological polar surface area (TPSA) is 85.4 Å². The second-order valence-electron chi connectivity index (χ2n) is 14.0. The molecule has 5 atom stereocenters. The van der Waals surface area contributed by atoms with Crippen molar-refractivity contribution in [3.8, 4) is 5.75 Å². The highest BCUT2D eigenvalue weighted by atomic mass is 32.1. The first-order chi connectivity index (χ1) is 21.3. The molecule has 6 nitrogen and oxygen atoms in total. The average molecular weight is 621 g/mol. The van der Waals surface area contributed by atoms with Crippen LogP contribution in [0.5, 0.6) is 5.75 Å². The largest absolute Gasteiger partial charge is 0.427 e. The van der Waals surface area contributed by atoms with Crippen LogP contribution < -0.4 is 10.1 Å². The van der Waals surface area contributed by atoms with Gasteiger partial charge in [-0.25, -0.2) is 4.98 Å². The molecule has 5 rings (SSSR count). The molecule has 1 N–H and O–H groups in total. The summed E-state index contributed by atoms with van der Waals surface area (Å²) in [6.07, 6.45) is 19.0. The molecule has 1 amide bonds. The minimum atomic E-state index is -0.281. The Morgan fingerprint density at radius 2 is 1.80 bits per heavy atom. The SMILES string of the molecule is CCCCCCCCCCCC(=O)Oc1ccc2c(c1)CCC1C2CCC2(C)C(=O)CC(CCC(=O)Nc3ncc(C)s3)C12. The molecule has 1 heterocycles. The number of ketones is 1. The number of ether oxygens (including phenoxy) is 1. The smallest absolute Gasteiger partial charge is 0.311 e. The van der Waals surface area contributed by atoms with Crippen LogP contribution in [0.4, 0.5) is 5.13 Å². The number of aryl methyl sites for hydroxylation is 2. The fourth-order valence-electron chi connectivity index (χ4n) is 8.62. The van der Waals surface area contributed by atoms with Crippen LogP contribution in [0.25, 0.3) is 0 Å². The molecule has 44 heavy (non-hydrogen) atoms. The molecular formula is C37H52N2O4S. The first kappa shape index (κ1) is 32.8. The van der Waals surface area contributed by atoms with Crippen molar-refractivity contribution in [3.63, 3.8) is 0 Å². The monoisotopic (exact) mass is 620 g/mol. The van der Waals surface area contributed by atoms with Gasteiger partial charge in [-0.3, -0.25) is 14.4 Å². The first-order valence-electron chi connectivity index (χ1n) is 17.4. The lowest BCUT2D eigenvalue weighted by Crippen LogP contribution is -2.44. The number of unbranched alkanes of at least 4 members (excludes halogenated alkanes) is 8. The van der Waals surface area contributed by atoms with Crippen molar-refractivity contribution in [2.24, 2.45) is 23.2 Å². The van der Waals surface area contributed by atoms with Crippen LogP contribution in [0.15, 0.2) is 24.4 Å². The van der Waals surface area contributed by atoms with Crippen LogP contribution in [-0.4, -0.2) is 22.6 Å². The number of carbonyl (C=O) groups is 3. The molecule has 0 aliphatic heterocycles. The fourth-order valence-corrected chi connectivity index (χ4v) is 9.30. The number of nitrogens with zero attached hydrogens (tertiary/aromatic N) is 1. The summed E-state index contributed by atoms with van der Waals surface area (Å²) in [6.45, 7) is 6.42. The van der Waals surface area contributed by atoms with Crippen molar-refractivity contribution in [2.75, 3.05) is 5.32 Å². The van der Waals surface area contributed by atoms with Gasteiger partial charge in [0.1, 0.15) is 11.5 Å². The van der Waals surface area contributed by atoms with E-state index >= 15 is 0 Å². The summed E-state index contributed by atoms with van der Waals surface area (Å²) in [5.41, 5.74) is 2.38. The lowest BCUT2D eigenvalue weighted by molar-refractivity contribution is -0.134. The number of thiazole rings is 1. The van der Waals surface area contributed by atoms with Gasteiger partial charge >= 0.3 is 5.97 Å². The zero-order valence-electron chi connectivity index (χ0n) is 27.1. The Morgan fingerprint density at radius 3 is 2.52 bits per heavy atom. The summed E-state index contributed by atoms with van der Waals surface area (Å²) >= 11 is 1.49. The van der Waals surface area contributed by atoms with Crippen molar-refractivity contribution in [3.05, 3.63) is 40.4 Å². The molecule has 240 valence electrons. The van der Waals surface area contributed by atoms with E-state index in [0.29, 0.717) is 53.7 Å². The second kappa shape index (κ2) is 15.2. The highest BCUT2D eigenvalue weighted by Crippen LogP contribution is 2.62. The van der Waals surface area contributed by atoms with Crippen LogP contribution in [0.3, 0.4) is 0 Å². The fraction of sp³-hybridized carbons (Fsp3) is 0.676. The molecular weight excluding hydrogens is 568 g/mol. The molecule has 3 aliphatic rings. The summed E-state index contributed by atoms with van der Waals surface area (Å²) in [4.78, 5) is 44.0. The number of benzene rings is 1. The molecule has 1 aromatic heterocycles. The van der Waals surface area contributed by atoms with Crippen LogP contribution >= 0.6 is 11.3 Å². The summed E-state index contributed by atoms with van der Waals surface area (Å²) < 4.78 is 5.78. The molecule has 7 heteroatoms. The molecule has 2 fully saturated rings. The lowest BCUT2D eigenvalue weighted by atomic mass is 9.54. The van der Waals surface area contributed by atoms with E-state index in [-0.39, 0.29) is 23.2 Å². The second-order valence-corrected chi connectivity index (χ2v) is 15.2. The minimum absolute atomic E-state index is 0.0124. The number of rotatable bonds is 15. The predicted octanol–water partition coefficient (Wildman–Crippen LogP) is 9.35.